The van der Waals surface area contributed by atoms with Gasteiger partial charge in [-0.1, -0.05) is 19.8 Å². The number of nitrogens with two attached hydrogens (primary N) is 1. The highest BCUT2D eigenvalue weighted by molar-refractivity contribution is 5.25. The maximum atomic E-state index is 6.09. The zero-order chi connectivity index (χ0) is 13.7. The summed E-state index contributed by atoms with van der Waals surface area (Å²) in [4.78, 5) is 6.93. The minimum absolute atomic E-state index is 0.338. The van der Waals surface area contributed by atoms with Gasteiger partial charge in [0.2, 0.25) is 0 Å². The molecule has 106 valence electrons. The molecule has 1 aliphatic rings. The molecule has 0 spiro atoms. The van der Waals surface area contributed by atoms with E-state index in [0.29, 0.717) is 18.6 Å². The molecule has 3 nitrogen and oxygen atoms in total. The Hall–Kier alpha value is -0.930. The zero-order valence-electron chi connectivity index (χ0n) is 12.3. The van der Waals surface area contributed by atoms with Crippen molar-refractivity contribution in [1.29, 1.82) is 0 Å². The first kappa shape index (κ1) is 14.5. The molecule has 3 heteroatoms. The summed E-state index contributed by atoms with van der Waals surface area (Å²) >= 11 is 0. The van der Waals surface area contributed by atoms with Gasteiger partial charge in [0.25, 0.3) is 0 Å². The third kappa shape index (κ3) is 3.34. The van der Waals surface area contributed by atoms with Crippen molar-refractivity contribution in [3.63, 3.8) is 0 Å². The van der Waals surface area contributed by atoms with Crippen LogP contribution in [0.1, 0.15) is 56.2 Å². The van der Waals surface area contributed by atoms with Crippen LogP contribution in [0.15, 0.2) is 18.5 Å². The number of aryl methyl sites for hydroxylation is 1. The lowest BCUT2D eigenvalue weighted by atomic mass is 9.93. The van der Waals surface area contributed by atoms with Crippen molar-refractivity contribution in [3.05, 3.63) is 29.6 Å². The summed E-state index contributed by atoms with van der Waals surface area (Å²) in [6.07, 6.45) is 10.4. The van der Waals surface area contributed by atoms with Crippen LogP contribution in [0.5, 0.6) is 0 Å². The van der Waals surface area contributed by atoms with Crippen molar-refractivity contribution in [3.8, 4) is 0 Å². The maximum Gasteiger partial charge on any atom is 0.0491 e. The molecule has 1 fully saturated rings. The number of nitrogens with zero attached hydrogens (tertiary/aromatic N) is 2. The van der Waals surface area contributed by atoms with Crippen molar-refractivity contribution >= 4 is 0 Å². The third-order valence-corrected chi connectivity index (χ3v) is 4.36. The smallest absolute Gasteiger partial charge is 0.0491 e. The van der Waals surface area contributed by atoms with E-state index < -0.39 is 0 Å². The molecule has 0 aromatic carbocycles. The number of hydrogen-bond acceptors (Lipinski definition) is 3. The van der Waals surface area contributed by atoms with Gasteiger partial charge >= 0.3 is 0 Å². The third-order valence-electron chi connectivity index (χ3n) is 4.36. The Balaban J connectivity index is 2.22. The highest BCUT2D eigenvalue weighted by Crippen LogP contribution is 2.31. The first-order valence-electron chi connectivity index (χ1n) is 7.64. The predicted octanol–water partition coefficient (Wildman–Crippen LogP) is 3.04. The molecule has 0 amide bonds. The molecule has 0 saturated carbocycles. The number of likely N-dealkylation sites (tertiary alicyclic amines) is 1. The average Bonchev–Trinajstić information content (AvgIpc) is 2.44. The molecule has 2 N–H and O–H groups in total. The topological polar surface area (TPSA) is 42.1 Å². The number of hydrogen-bond donors (Lipinski definition) is 1. The van der Waals surface area contributed by atoms with Gasteiger partial charge < -0.3 is 5.73 Å². The molecular formula is C16H27N3. The first-order chi connectivity index (χ1) is 9.27. The molecule has 2 heterocycles. The largest absolute Gasteiger partial charge is 0.329 e. The molecule has 1 saturated heterocycles. The fraction of sp³-hybridized carbons (Fsp3) is 0.688. The minimum Gasteiger partial charge on any atom is -0.329 e. The molecule has 2 unspecified atom stereocenters. The Kier molecular flexibility index (Phi) is 5.34. The molecule has 2 atom stereocenters. The van der Waals surface area contributed by atoms with Gasteiger partial charge in [0.1, 0.15) is 0 Å². The van der Waals surface area contributed by atoms with Crippen LogP contribution in [0.25, 0.3) is 0 Å². The van der Waals surface area contributed by atoms with Crippen LogP contribution in [0.3, 0.4) is 0 Å². The monoisotopic (exact) mass is 261 g/mol. The van der Waals surface area contributed by atoms with Gasteiger partial charge in [-0.25, -0.2) is 0 Å². The lowest BCUT2D eigenvalue weighted by molar-refractivity contribution is 0.0908. The lowest BCUT2D eigenvalue weighted by Gasteiger charge is -2.41. The molecule has 0 bridgehead atoms. The van der Waals surface area contributed by atoms with E-state index in [1.54, 1.807) is 0 Å². The SMILES string of the molecule is CCCC1CCCCN1C(CN)c1cnccc1C. The molecule has 0 radical (unpaired) electrons. The molecule has 19 heavy (non-hydrogen) atoms. The molecule has 1 aliphatic heterocycles. The van der Waals surface area contributed by atoms with Crippen molar-refractivity contribution < 1.29 is 0 Å². The number of pyridine rings is 1. The highest BCUT2D eigenvalue weighted by atomic mass is 15.2. The minimum atomic E-state index is 0.338. The van der Waals surface area contributed by atoms with E-state index in [-0.39, 0.29) is 0 Å². The van der Waals surface area contributed by atoms with Gasteiger partial charge in [-0.15, -0.1) is 0 Å². The summed E-state index contributed by atoms with van der Waals surface area (Å²) < 4.78 is 0. The fourth-order valence-corrected chi connectivity index (χ4v) is 3.34. The Labute approximate surface area is 117 Å². The quantitative estimate of drug-likeness (QED) is 0.886. The summed E-state index contributed by atoms with van der Waals surface area (Å²) in [5.74, 6) is 0. The molecule has 1 aromatic heterocycles. The van der Waals surface area contributed by atoms with Crippen molar-refractivity contribution in [2.45, 2.75) is 58.0 Å². The van der Waals surface area contributed by atoms with Crippen LogP contribution in [-0.2, 0) is 0 Å². The van der Waals surface area contributed by atoms with Gasteiger partial charge in [0, 0.05) is 31.0 Å². The van der Waals surface area contributed by atoms with E-state index in [1.165, 1.54) is 49.8 Å². The number of piperidine rings is 1. The Morgan fingerprint density at radius 2 is 2.32 bits per heavy atom. The predicted molar refractivity (Wildman–Crippen MR) is 80.0 cm³/mol. The van der Waals surface area contributed by atoms with Crippen LogP contribution in [0.2, 0.25) is 0 Å². The summed E-state index contributed by atoms with van der Waals surface area (Å²) in [5.41, 5.74) is 8.72. The fourth-order valence-electron chi connectivity index (χ4n) is 3.34. The Bertz CT molecular complexity index is 389. The molecule has 2 rings (SSSR count). The summed E-state index contributed by atoms with van der Waals surface area (Å²) in [6, 6.07) is 3.13. The highest BCUT2D eigenvalue weighted by Gasteiger charge is 2.29. The van der Waals surface area contributed by atoms with Crippen molar-refractivity contribution in [2.24, 2.45) is 5.73 Å². The second-order valence-electron chi connectivity index (χ2n) is 5.66. The van der Waals surface area contributed by atoms with Crippen LogP contribution in [-0.4, -0.2) is 29.0 Å². The van der Waals surface area contributed by atoms with Crippen molar-refractivity contribution in [2.75, 3.05) is 13.1 Å². The van der Waals surface area contributed by atoms with E-state index in [2.05, 4.69) is 29.8 Å². The molecular weight excluding hydrogens is 234 g/mol. The first-order valence-corrected chi connectivity index (χ1v) is 7.64. The zero-order valence-corrected chi connectivity index (χ0v) is 12.3. The van der Waals surface area contributed by atoms with Crippen molar-refractivity contribution in [1.82, 2.24) is 9.88 Å². The van der Waals surface area contributed by atoms with Gasteiger partial charge in [-0.3, -0.25) is 9.88 Å². The van der Waals surface area contributed by atoms with Gasteiger partial charge in [0.15, 0.2) is 0 Å². The lowest BCUT2D eigenvalue weighted by Crippen LogP contribution is -2.44. The van der Waals surface area contributed by atoms with E-state index in [9.17, 15) is 0 Å². The second kappa shape index (κ2) is 7.01. The standard InChI is InChI=1S/C16H27N3/c1-3-6-14-7-4-5-10-19(14)16(11-17)15-12-18-9-8-13(15)2/h8-9,12,14,16H,3-7,10-11,17H2,1-2H3. The summed E-state index contributed by atoms with van der Waals surface area (Å²) in [5, 5.41) is 0. The van der Waals surface area contributed by atoms with E-state index >= 15 is 0 Å². The average molecular weight is 261 g/mol. The summed E-state index contributed by atoms with van der Waals surface area (Å²) in [6.45, 7) is 6.31. The Morgan fingerprint density at radius 3 is 3.00 bits per heavy atom. The van der Waals surface area contributed by atoms with Crippen LogP contribution < -0.4 is 5.73 Å². The van der Waals surface area contributed by atoms with E-state index in [1.807, 2.05) is 12.4 Å². The van der Waals surface area contributed by atoms with Gasteiger partial charge in [-0.2, -0.15) is 0 Å². The number of rotatable bonds is 5. The Morgan fingerprint density at radius 1 is 1.47 bits per heavy atom. The molecule has 0 aliphatic carbocycles. The van der Waals surface area contributed by atoms with Gasteiger partial charge in [-0.05, 0) is 49.9 Å². The maximum absolute atomic E-state index is 6.09. The van der Waals surface area contributed by atoms with E-state index in [4.69, 9.17) is 5.73 Å². The number of aromatic nitrogens is 1. The molecule has 1 aromatic rings. The van der Waals surface area contributed by atoms with E-state index in [0.717, 1.165) is 0 Å². The van der Waals surface area contributed by atoms with Gasteiger partial charge in [0.05, 0.1) is 0 Å². The van der Waals surface area contributed by atoms with Crippen LogP contribution in [0.4, 0.5) is 0 Å². The van der Waals surface area contributed by atoms with Crippen LogP contribution in [0, 0.1) is 6.92 Å². The summed E-state index contributed by atoms with van der Waals surface area (Å²) in [7, 11) is 0. The second-order valence-corrected chi connectivity index (χ2v) is 5.66. The normalized spacial score (nSPS) is 22.4. The van der Waals surface area contributed by atoms with Crippen LogP contribution >= 0.6 is 0 Å².